The van der Waals surface area contributed by atoms with Crippen LogP contribution in [0.25, 0.3) is 0 Å². The van der Waals surface area contributed by atoms with Gasteiger partial charge in [0.2, 0.25) is 5.88 Å². The van der Waals surface area contributed by atoms with Crippen molar-refractivity contribution in [2.45, 2.75) is 60.8 Å². The van der Waals surface area contributed by atoms with E-state index >= 15 is 0 Å². The Balaban J connectivity index is 0.00000137. The van der Waals surface area contributed by atoms with Crippen LogP contribution in [0.4, 0.5) is 0 Å². The monoisotopic (exact) mass is 251 g/mol. The summed E-state index contributed by atoms with van der Waals surface area (Å²) in [5.41, 5.74) is 2.37. The zero-order chi connectivity index (χ0) is 14.3. The largest absolute Gasteiger partial charge is 0.477 e. The lowest BCUT2D eigenvalue weighted by atomic mass is 9.91. The Morgan fingerprint density at radius 1 is 1.17 bits per heavy atom. The molecule has 2 heteroatoms. The first-order chi connectivity index (χ1) is 8.29. The van der Waals surface area contributed by atoms with Crippen molar-refractivity contribution in [2.75, 3.05) is 6.61 Å². The highest BCUT2D eigenvalue weighted by molar-refractivity contribution is 5.27. The fourth-order valence-corrected chi connectivity index (χ4v) is 1.35. The maximum absolute atomic E-state index is 5.67. The lowest BCUT2D eigenvalue weighted by Crippen LogP contribution is -2.15. The van der Waals surface area contributed by atoms with E-state index in [-0.39, 0.29) is 5.41 Å². The van der Waals surface area contributed by atoms with Crippen molar-refractivity contribution in [3.8, 4) is 5.88 Å². The first-order valence-corrected chi connectivity index (χ1v) is 6.91. The van der Waals surface area contributed by atoms with E-state index in [1.165, 1.54) is 5.56 Å². The third-order valence-electron chi connectivity index (χ3n) is 2.28. The molecule has 18 heavy (non-hydrogen) atoms. The molecule has 0 atom stereocenters. The molecule has 0 aliphatic rings. The van der Waals surface area contributed by atoms with Crippen molar-refractivity contribution in [3.05, 3.63) is 23.4 Å². The molecule has 1 aromatic rings. The van der Waals surface area contributed by atoms with Gasteiger partial charge in [-0.1, -0.05) is 48.5 Å². The number of nitrogens with zero attached hydrogens (tertiary/aromatic N) is 1. The molecule has 0 N–H and O–H groups in total. The van der Waals surface area contributed by atoms with Crippen molar-refractivity contribution in [3.63, 3.8) is 0 Å². The van der Waals surface area contributed by atoms with Gasteiger partial charge in [0, 0.05) is 11.5 Å². The van der Waals surface area contributed by atoms with Gasteiger partial charge in [-0.25, -0.2) is 4.98 Å². The molecular weight excluding hydrogens is 222 g/mol. The minimum atomic E-state index is 0.0714. The number of aryl methyl sites for hydroxylation is 1. The van der Waals surface area contributed by atoms with Crippen molar-refractivity contribution in [1.29, 1.82) is 0 Å². The SMILES string of the molecule is CC.Cc1cc(OCC(C)C)nc(C(C)(C)C)c1. The number of hydrogen-bond donors (Lipinski definition) is 0. The molecule has 1 heterocycles. The van der Waals surface area contributed by atoms with Crippen LogP contribution in [-0.4, -0.2) is 11.6 Å². The van der Waals surface area contributed by atoms with Crippen LogP contribution in [0, 0.1) is 12.8 Å². The molecule has 0 radical (unpaired) electrons. The van der Waals surface area contributed by atoms with Gasteiger partial charge in [0.1, 0.15) is 0 Å². The maximum Gasteiger partial charge on any atom is 0.213 e. The Morgan fingerprint density at radius 3 is 2.17 bits per heavy atom. The number of aromatic nitrogens is 1. The van der Waals surface area contributed by atoms with E-state index in [1.54, 1.807) is 0 Å². The van der Waals surface area contributed by atoms with Gasteiger partial charge in [0.05, 0.1) is 12.3 Å². The molecule has 0 unspecified atom stereocenters. The van der Waals surface area contributed by atoms with Crippen LogP contribution < -0.4 is 4.74 Å². The van der Waals surface area contributed by atoms with Gasteiger partial charge in [-0.15, -0.1) is 0 Å². The summed E-state index contributed by atoms with van der Waals surface area (Å²) in [6.07, 6.45) is 0. The third-order valence-corrected chi connectivity index (χ3v) is 2.28. The summed E-state index contributed by atoms with van der Waals surface area (Å²) in [5.74, 6) is 1.28. The average molecular weight is 251 g/mol. The predicted octanol–water partition coefficient (Wildman–Crippen LogP) is 4.75. The highest BCUT2D eigenvalue weighted by atomic mass is 16.5. The minimum Gasteiger partial charge on any atom is -0.477 e. The second-order valence-corrected chi connectivity index (χ2v) is 5.82. The molecule has 0 saturated carbocycles. The smallest absolute Gasteiger partial charge is 0.213 e. The van der Waals surface area contributed by atoms with Crippen molar-refractivity contribution >= 4 is 0 Å². The first kappa shape index (κ1) is 16.9. The topological polar surface area (TPSA) is 22.1 Å². The van der Waals surface area contributed by atoms with Gasteiger partial charge in [0.25, 0.3) is 0 Å². The van der Waals surface area contributed by atoms with Crippen LogP contribution >= 0.6 is 0 Å². The Hall–Kier alpha value is -1.05. The molecule has 0 aliphatic heterocycles. The summed E-state index contributed by atoms with van der Waals surface area (Å²) >= 11 is 0. The van der Waals surface area contributed by atoms with Crippen LogP contribution in [0.15, 0.2) is 12.1 Å². The fraction of sp³-hybridized carbons (Fsp3) is 0.688. The lowest BCUT2D eigenvalue weighted by molar-refractivity contribution is 0.259. The Bertz CT molecular complexity index is 351. The normalized spacial score (nSPS) is 10.9. The molecule has 0 aromatic carbocycles. The Labute approximate surface area is 113 Å². The standard InChI is InChI=1S/C14H23NO.C2H6/c1-10(2)9-16-13-8-11(3)7-12(15-13)14(4,5)6;1-2/h7-8,10H,9H2,1-6H3;1-2H3. The summed E-state index contributed by atoms with van der Waals surface area (Å²) < 4.78 is 5.67. The van der Waals surface area contributed by atoms with Crippen molar-refractivity contribution < 1.29 is 4.74 Å². The van der Waals surface area contributed by atoms with E-state index in [2.05, 4.69) is 52.6 Å². The van der Waals surface area contributed by atoms with Gasteiger partial charge in [0.15, 0.2) is 0 Å². The minimum absolute atomic E-state index is 0.0714. The van der Waals surface area contributed by atoms with Crippen molar-refractivity contribution in [1.82, 2.24) is 4.98 Å². The van der Waals surface area contributed by atoms with E-state index in [0.717, 1.165) is 18.2 Å². The molecule has 0 saturated heterocycles. The molecule has 0 amide bonds. The molecule has 0 spiro atoms. The number of pyridine rings is 1. The van der Waals surface area contributed by atoms with Gasteiger partial charge >= 0.3 is 0 Å². The second kappa shape index (κ2) is 7.40. The van der Waals surface area contributed by atoms with Gasteiger partial charge in [-0.3, -0.25) is 0 Å². The maximum atomic E-state index is 5.67. The summed E-state index contributed by atoms with van der Waals surface area (Å²) in [4.78, 5) is 4.55. The van der Waals surface area contributed by atoms with Gasteiger partial charge in [-0.05, 0) is 24.5 Å². The molecule has 0 bridgehead atoms. The highest BCUT2D eigenvalue weighted by Crippen LogP contribution is 2.24. The van der Waals surface area contributed by atoms with E-state index < -0.39 is 0 Å². The Morgan fingerprint density at radius 2 is 1.72 bits per heavy atom. The molecule has 2 nitrogen and oxygen atoms in total. The van der Waals surface area contributed by atoms with E-state index in [1.807, 2.05) is 19.9 Å². The van der Waals surface area contributed by atoms with E-state index in [9.17, 15) is 0 Å². The molecule has 0 aliphatic carbocycles. The zero-order valence-electron chi connectivity index (χ0n) is 13.3. The number of rotatable bonds is 3. The molecular formula is C16H29NO. The number of ether oxygens (including phenoxy) is 1. The summed E-state index contributed by atoms with van der Waals surface area (Å²) in [6.45, 7) is 17.6. The van der Waals surface area contributed by atoms with Gasteiger partial charge < -0.3 is 4.74 Å². The van der Waals surface area contributed by atoms with Crippen molar-refractivity contribution in [2.24, 2.45) is 5.92 Å². The van der Waals surface area contributed by atoms with Crippen LogP contribution in [0.5, 0.6) is 5.88 Å². The highest BCUT2D eigenvalue weighted by Gasteiger charge is 2.16. The van der Waals surface area contributed by atoms with E-state index in [4.69, 9.17) is 4.74 Å². The summed E-state index contributed by atoms with van der Waals surface area (Å²) in [5, 5.41) is 0. The lowest BCUT2D eigenvalue weighted by Gasteiger charge is -2.19. The van der Waals surface area contributed by atoms with Crippen LogP contribution in [0.2, 0.25) is 0 Å². The molecule has 1 rings (SSSR count). The third kappa shape index (κ3) is 6.04. The Kier molecular flexibility index (Phi) is 6.97. The summed E-state index contributed by atoms with van der Waals surface area (Å²) in [7, 11) is 0. The van der Waals surface area contributed by atoms with E-state index in [0.29, 0.717) is 5.92 Å². The molecule has 0 fully saturated rings. The molecule has 104 valence electrons. The number of hydrogen-bond acceptors (Lipinski definition) is 2. The van der Waals surface area contributed by atoms with Crippen LogP contribution in [-0.2, 0) is 5.41 Å². The van der Waals surface area contributed by atoms with Crippen LogP contribution in [0.1, 0.15) is 59.7 Å². The van der Waals surface area contributed by atoms with Gasteiger partial charge in [-0.2, -0.15) is 0 Å². The van der Waals surface area contributed by atoms with Crippen LogP contribution in [0.3, 0.4) is 0 Å². The zero-order valence-corrected chi connectivity index (χ0v) is 13.3. The summed E-state index contributed by atoms with van der Waals surface area (Å²) in [6, 6.07) is 4.12. The fourth-order valence-electron chi connectivity index (χ4n) is 1.35. The predicted molar refractivity (Wildman–Crippen MR) is 79.4 cm³/mol. The quantitative estimate of drug-likeness (QED) is 0.773. The average Bonchev–Trinajstić information content (AvgIpc) is 2.27. The second-order valence-electron chi connectivity index (χ2n) is 5.82. The first-order valence-electron chi connectivity index (χ1n) is 6.91. The molecule has 1 aromatic heterocycles.